The van der Waals surface area contributed by atoms with E-state index in [1.165, 1.54) is 18.2 Å². The standard InChI is InChI=1S/C15H22BrFN2O/c1-10(2)19(11(3)4)8-7-18-15(20)12-5-6-14(17)13(16)9-12/h5-6,9-11H,7-8H2,1-4H3,(H,18,20). The van der Waals surface area contributed by atoms with Gasteiger partial charge in [0.2, 0.25) is 0 Å². The number of nitrogens with zero attached hydrogens (tertiary/aromatic N) is 1. The summed E-state index contributed by atoms with van der Waals surface area (Å²) in [5.74, 6) is -0.550. The predicted molar refractivity (Wildman–Crippen MR) is 83.4 cm³/mol. The van der Waals surface area contributed by atoms with Crippen LogP contribution in [-0.2, 0) is 0 Å². The van der Waals surface area contributed by atoms with E-state index in [1.54, 1.807) is 0 Å². The minimum Gasteiger partial charge on any atom is -0.351 e. The van der Waals surface area contributed by atoms with Crippen LogP contribution in [0.1, 0.15) is 38.1 Å². The summed E-state index contributed by atoms with van der Waals surface area (Å²) in [5, 5.41) is 2.86. The average Bonchev–Trinajstić information content (AvgIpc) is 2.36. The first kappa shape index (κ1) is 17.1. The van der Waals surface area contributed by atoms with Crippen LogP contribution in [0, 0.1) is 5.82 Å². The van der Waals surface area contributed by atoms with Crippen molar-refractivity contribution >= 4 is 21.8 Å². The summed E-state index contributed by atoms with van der Waals surface area (Å²) in [5.41, 5.74) is 0.457. The fourth-order valence-corrected chi connectivity index (χ4v) is 2.53. The van der Waals surface area contributed by atoms with E-state index < -0.39 is 0 Å². The molecule has 0 radical (unpaired) electrons. The number of nitrogens with one attached hydrogen (secondary N) is 1. The molecule has 0 aliphatic rings. The molecule has 0 unspecified atom stereocenters. The largest absolute Gasteiger partial charge is 0.351 e. The number of carbonyl (C=O) groups is 1. The third-order valence-electron chi connectivity index (χ3n) is 3.16. The van der Waals surface area contributed by atoms with Crippen LogP contribution >= 0.6 is 15.9 Å². The van der Waals surface area contributed by atoms with E-state index >= 15 is 0 Å². The van der Waals surface area contributed by atoms with Gasteiger partial charge in [-0.05, 0) is 61.8 Å². The van der Waals surface area contributed by atoms with Gasteiger partial charge in [-0.15, -0.1) is 0 Å². The fraction of sp³-hybridized carbons (Fsp3) is 0.533. The van der Waals surface area contributed by atoms with Crippen LogP contribution < -0.4 is 5.32 Å². The molecule has 1 aromatic carbocycles. The van der Waals surface area contributed by atoms with E-state index in [1.807, 2.05) is 0 Å². The van der Waals surface area contributed by atoms with Crippen molar-refractivity contribution in [1.82, 2.24) is 10.2 Å². The molecule has 0 fully saturated rings. The van der Waals surface area contributed by atoms with Crippen molar-refractivity contribution in [3.8, 4) is 0 Å². The third kappa shape index (κ3) is 4.87. The molecule has 0 saturated carbocycles. The van der Waals surface area contributed by atoms with Gasteiger partial charge in [-0.1, -0.05) is 0 Å². The second-order valence-corrected chi connectivity index (χ2v) is 6.16. The highest BCUT2D eigenvalue weighted by Gasteiger charge is 2.14. The molecule has 20 heavy (non-hydrogen) atoms. The molecule has 0 heterocycles. The molecule has 1 rings (SSSR count). The average molecular weight is 345 g/mol. The van der Waals surface area contributed by atoms with Crippen LogP contribution in [0.2, 0.25) is 0 Å². The summed E-state index contributed by atoms with van der Waals surface area (Å²) in [4.78, 5) is 14.3. The van der Waals surface area contributed by atoms with Gasteiger partial charge in [-0.25, -0.2) is 4.39 Å². The lowest BCUT2D eigenvalue weighted by molar-refractivity contribution is 0.0939. The molecule has 0 aromatic heterocycles. The Morgan fingerprint density at radius 2 is 1.90 bits per heavy atom. The summed E-state index contributed by atoms with van der Waals surface area (Å²) in [6.45, 7) is 9.92. The number of carbonyl (C=O) groups excluding carboxylic acids is 1. The number of benzene rings is 1. The predicted octanol–water partition coefficient (Wildman–Crippen LogP) is 3.44. The second kappa shape index (κ2) is 7.74. The zero-order valence-electron chi connectivity index (χ0n) is 12.4. The van der Waals surface area contributed by atoms with Crippen molar-refractivity contribution in [2.24, 2.45) is 0 Å². The van der Waals surface area contributed by atoms with E-state index in [9.17, 15) is 9.18 Å². The second-order valence-electron chi connectivity index (χ2n) is 5.31. The summed E-state index contributed by atoms with van der Waals surface area (Å²) >= 11 is 3.08. The van der Waals surface area contributed by atoms with Crippen molar-refractivity contribution in [3.63, 3.8) is 0 Å². The molecule has 1 amide bonds. The Morgan fingerprint density at radius 1 is 1.30 bits per heavy atom. The first-order chi connectivity index (χ1) is 9.32. The van der Waals surface area contributed by atoms with E-state index in [-0.39, 0.29) is 11.7 Å². The van der Waals surface area contributed by atoms with Crippen molar-refractivity contribution < 1.29 is 9.18 Å². The van der Waals surface area contributed by atoms with E-state index in [4.69, 9.17) is 0 Å². The van der Waals surface area contributed by atoms with Crippen molar-refractivity contribution in [3.05, 3.63) is 34.1 Å². The fourth-order valence-electron chi connectivity index (χ4n) is 2.15. The van der Waals surface area contributed by atoms with Crippen LogP contribution in [0.25, 0.3) is 0 Å². The molecular weight excluding hydrogens is 323 g/mol. The summed E-state index contributed by atoms with van der Waals surface area (Å²) in [6.07, 6.45) is 0. The number of hydrogen-bond donors (Lipinski definition) is 1. The molecule has 0 aliphatic carbocycles. The van der Waals surface area contributed by atoms with E-state index in [0.29, 0.717) is 28.7 Å². The molecular formula is C15H22BrFN2O. The smallest absolute Gasteiger partial charge is 0.251 e. The van der Waals surface area contributed by atoms with Crippen molar-refractivity contribution in [2.75, 3.05) is 13.1 Å². The first-order valence-electron chi connectivity index (χ1n) is 6.82. The molecule has 1 aromatic rings. The maximum atomic E-state index is 13.1. The van der Waals surface area contributed by atoms with Gasteiger partial charge in [-0.2, -0.15) is 0 Å². The highest BCUT2D eigenvalue weighted by atomic mass is 79.9. The zero-order chi connectivity index (χ0) is 15.3. The minimum atomic E-state index is -0.368. The Kier molecular flexibility index (Phi) is 6.62. The maximum Gasteiger partial charge on any atom is 0.251 e. The SMILES string of the molecule is CC(C)N(CCNC(=O)c1ccc(F)c(Br)c1)C(C)C. The Hall–Kier alpha value is -0.940. The Morgan fingerprint density at radius 3 is 2.40 bits per heavy atom. The van der Waals surface area contributed by atoms with E-state index in [2.05, 4.69) is 53.8 Å². The normalized spacial score (nSPS) is 11.4. The summed E-state index contributed by atoms with van der Waals surface area (Å²) in [6, 6.07) is 5.14. The zero-order valence-corrected chi connectivity index (χ0v) is 14.0. The number of rotatable bonds is 6. The van der Waals surface area contributed by atoms with Gasteiger partial charge in [0.15, 0.2) is 0 Å². The molecule has 1 N–H and O–H groups in total. The molecule has 0 saturated heterocycles. The lowest BCUT2D eigenvalue weighted by Crippen LogP contribution is -2.42. The van der Waals surface area contributed by atoms with E-state index in [0.717, 1.165) is 6.54 Å². The molecule has 5 heteroatoms. The first-order valence-corrected chi connectivity index (χ1v) is 7.61. The summed E-state index contributed by atoms with van der Waals surface area (Å²) in [7, 11) is 0. The number of halogens is 2. The van der Waals surface area contributed by atoms with Gasteiger partial charge < -0.3 is 5.32 Å². The monoisotopic (exact) mass is 344 g/mol. The van der Waals surface area contributed by atoms with Crippen LogP contribution in [0.5, 0.6) is 0 Å². The van der Waals surface area contributed by atoms with Gasteiger partial charge in [0, 0.05) is 30.7 Å². The van der Waals surface area contributed by atoms with Gasteiger partial charge in [-0.3, -0.25) is 9.69 Å². The topological polar surface area (TPSA) is 32.3 Å². The number of amides is 1. The number of hydrogen-bond acceptors (Lipinski definition) is 2. The maximum absolute atomic E-state index is 13.1. The highest BCUT2D eigenvalue weighted by Crippen LogP contribution is 2.16. The summed E-state index contributed by atoms with van der Waals surface area (Å²) < 4.78 is 13.4. The van der Waals surface area contributed by atoms with Crippen LogP contribution in [0.4, 0.5) is 4.39 Å². The van der Waals surface area contributed by atoms with Gasteiger partial charge >= 0.3 is 0 Å². The minimum absolute atomic E-state index is 0.182. The molecule has 112 valence electrons. The van der Waals surface area contributed by atoms with Crippen LogP contribution in [0.15, 0.2) is 22.7 Å². The molecule has 0 bridgehead atoms. The third-order valence-corrected chi connectivity index (χ3v) is 3.77. The Balaban J connectivity index is 2.53. The van der Waals surface area contributed by atoms with Crippen LogP contribution in [0.3, 0.4) is 0 Å². The van der Waals surface area contributed by atoms with Gasteiger partial charge in [0.1, 0.15) is 5.82 Å². The lowest BCUT2D eigenvalue weighted by atomic mass is 10.2. The molecule has 0 aliphatic heterocycles. The molecule has 0 atom stereocenters. The molecule has 3 nitrogen and oxygen atoms in total. The van der Waals surface area contributed by atoms with Gasteiger partial charge in [0.05, 0.1) is 4.47 Å². The highest BCUT2D eigenvalue weighted by molar-refractivity contribution is 9.10. The van der Waals surface area contributed by atoms with Crippen LogP contribution in [-0.4, -0.2) is 36.0 Å². The van der Waals surface area contributed by atoms with Gasteiger partial charge in [0.25, 0.3) is 5.91 Å². The van der Waals surface area contributed by atoms with Crippen molar-refractivity contribution in [2.45, 2.75) is 39.8 Å². The van der Waals surface area contributed by atoms with Crippen molar-refractivity contribution in [1.29, 1.82) is 0 Å². The quantitative estimate of drug-likeness (QED) is 0.857. The molecule has 0 spiro atoms. The Bertz CT molecular complexity index is 455. The lowest BCUT2D eigenvalue weighted by Gasteiger charge is -2.30. The Labute approximate surface area is 128 Å².